The van der Waals surface area contributed by atoms with E-state index in [1.54, 1.807) is 31.4 Å². The van der Waals surface area contributed by atoms with Gasteiger partial charge in [-0.15, -0.1) is 0 Å². The Morgan fingerprint density at radius 2 is 1.30 bits per heavy atom. The smallest absolute Gasteiger partial charge is 0.355 e. The summed E-state index contributed by atoms with van der Waals surface area (Å²) in [5.41, 5.74) is 0.0739. The number of amides is 4. The number of esters is 2. The quantitative estimate of drug-likeness (QED) is 0.0194. The average Bonchev–Trinajstić information content (AvgIpc) is 1.47. The van der Waals surface area contributed by atoms with Gasteiger partial charge in [0.15, 0.2) is 6.10 Å². The molecule has 540 valence electrons. The van der Waals surface area contributed by atoms with Gasteiger partial charge in [-0.05, 0) is 62.1 Å². The molecule has 2 aromatic heterocycles. The number of nitrogens with zero attached hydrogens (tertiary/aromatic N) is 2. The molecular weight excluding hydrogens is 1290 g/mol. The van der Waals surface area contributed by atoms with E-state index >= 15 is 0 Å². The van der Waals surface area contributed by atoms with E-state index in [1.807, 2.05) is 38.1 Å². The van der Waals surface area contributed by atoms with Crippen LogP contribution < -0.4 is 36.9 Å². The molecule has 4 aromatic rings. The predicted molar refractivity (Wildman–Crippen MR) is 349 cm³/mol. The number of carboxylic acid groups (broad SMARTS) is 1. The molecule has 3 aliphatic rings. The summed E-state index contributed by atoms with van der Waals surface area (Å²) in [6, 6.07) is 10.5. The summed E-state index contributed by atoms with van der Waals surface area (Å²) in [7, 11) is 0. The maximum atomic E-state index is 14.8. The number of anilines is 1. The van der Waals surface area contributed by atoms with Crippen molar-refractivity contribution >= 4 is 58.1 Å². The lowest BCUT2D eigenvalue weighted by Crippen LogP contribution is -2.61. The van der Waals surface area contributed by atoms with E-state index in [1.165, 1.54) is 19.9 Å². The number of carbonyl (C=O) groups excluding carboxylic acids is 6. The molecule has 0 radical (unpaired) electrons. The van der Waals surface area contributed by atoms with Gasteiger partial charge in [-0.1, -0.05) is 52.8 Å². The minimum absolute atomic E-state index is 0.0178. The number of carbonyl (C=O) groups is 7. The molecule has 0 bridgehead atoms. The Hall–Kier alpha value is -7.63. The van der Waals surface area contributed by atoms with Crippen molar-refractivity contribution in [3.63, 3.8) is 0 Å². The molecule has 1 fully saturated rings. The number of aliphatic hydroxyl groups excluding tert-OH is 3. The summed E-state index contributed by atoms with van der Waals surface area (Å²) in [5.74, 6) is -7.14. The first kappa shape index (κ1) is 77.7. The zero-order chi connectivity index (χ0) is 70.9. The minimum atomic E-state index is -2.27. The number of aliphatic hydroxyl groups is 3. The van der Waals surface area contributed by atoms with Gasteiger partial charge in [0.2, 0.25) is 35.5 Å². The van der Waals surface area contributed by atoms with Gasteiger partial charge in [0.1, 0.15) is 48.3 Å². The molecule has 98 heavy (non-hydrogen) atoms. The summed E-state index contributed by atoms with van der Waals surface area (Å²) < 4.78 is 68.5. The Balaban J connectivity index is 0.890. The molecule has 8 atom stereocenters. The highest BCUT2D eigenvalue weighted by molar-refractivity contribution is 6.00. The molecule has 2 aromatic carbocycles. The van der Waals surface area contributed by atoms with Crippen molar-refractivity contribution < 1.29 is 111 Å². The number of para-hydroxylation sites is 1. The first-order chi connectivity index (χ1) is 47.1. The van der Waals surface area contributed by atoms with Crippen molar-refractivity contribution in [2.75, 3.05) is 124 Å². The number of hydrogen-bond acceptors (Lipinski definition) is 25. The number of fused-ring (bicyclic) bond motifs is 5. The Bertz CT molecular complexity index is 3400. The number of nitrogens with one attached hydrogen (secondary N) is 5. The number of benzene rings is 2. The number of cyclic esters (lactones) is 1. The van der Waals surface area contributed by atoms with Crippen molar-refractivity contribution in [3.8, 4) is 17.1 Å². The van der Waals surface area contributed by atoms with Crippen LogP contribution in [0.2, 0.25) is 0 Å². The van der Waals surface area contributed by atoms with E-state index in [4.69, 9.17) is 61.8 Å². The molecule has 31 nitrogen and oxygen atoms in total. The fourth-order valence-corrected chi connectivity index (χ4v) is 10.9. The largest absolute Gasteiger partial charge is 0.479 e. The van der Waals surface area contributed by atoms with E-state index in [2.05, 4.69) is 26.6 Å². The monoisotopic (exact) mass is 1380 g/mol. The van der Waals surface area contributed by atoms with Gasteiger partial charge in [-0.3, -0.25) is 24.0 Å². The topological polar surface area (TPSA) is 406 Å². The fraction of sp³-hybridized carbons (Fsp3) is 0.597. The molecule has 4 amide bonds. The molecule has 31 heteroatoms. The molecule has 7 rings (SSSR count). The second-order valence-corrected chi connectivity index (χ2v) is 24.0. The molecule has 9 N–H and O–H groups in total. The van der Waals surface area contributed by atoms with E-state index in [0.29, 0.717) is 122 Å². The molecule has 1 saturated heterocycles. The van der Waals surface area contributed by atoms with Crippen LogP contribution in [-0.4, -0.2) is 239 Å². The standard InChI is InChI=1S/C67H93N7O24/c1-8-67(49-36-51-55-47(37-74(51)62(82)48(49)38-95-66(67)86)44(15-17-68-40(4)5)45-11-9-10-12-50(45)72-55)98-64(85)46-14-13-43(35-52(46)96-65-58(79)56(77)57(78)59(97-65)63(83)84)71-60(80)41(6)70-61(81)54(39(2)3)73-53(76)16-19-87-21-23-89-25-27-91-29-31-93-33-34-94-32-30-92-28-26-90-24-22-88-20-18-69-42(7)75/h9-14,35-36,39-41,54,56-59,65,68,77-79H,8,15-34,37-38H2,1-7H3,(H,69,75)(H,70,81)(H,71,80)(H,73,76)(H,83,84)/t41-,54-,56-,57-,58+,59-,65+,67-/m0/s1. The summed E-state index contributed by atoms with van der Waals surface area (Å²) in [6.45, 7) is 18.3. The maximum absolute atomic E-state index is 14.8. The van der Waals surface area contributed by atoms with E-state index in [9.17, 15) is 58.8 Å². The average molecular weight is 1380 g/mol. The Morgan fingerprint density at radius 3 is 1.87 bits per heavy atom. The Labute approximate surface area is 567 Å². The van der Waals surface area contributed by atoms with Crippen LogP contribution in [-0.2, 0) is 106 Å². The van der Waals surface area contributed by atoms with Crippen molar-refractivity contribution in [1.29, 1.82) is 0 Å². The SMILES string of the molecule is CC[C@@]1(OC(=O)c2ccc(NC(=O)[C@H](C)NC(=O)[C@@H](NC(=O)CCOCCOCCOCCOCCOCCOCCOCCOCCNC(C)=O)C(C)C)cc2O[C@@H]2O[C@H](C(=O)O)[C@@H](O)[C@H](O)[C@H]2O)C(=O)OCc2c1cc1n(c2=O)Cc2c-1nc1ccccc1c2CCNC(C)C. The molecular formula is C67H93N7O24. The molecule has 0 spiro atoms. The summed E-state index contributed by atoms with van der Waals surface area (Å²) in [6.07, 6.45) is -10.4. The van der Waals surface area contributed by atoms with Gasteiger partial charge in [-0.25, -0.2) is 19.4 Å². The van der Waals surface area contributed by atoms with Crippen LogP contribution >= 0.6 is 0 Å². The second kappa shape index (κ2) is 38.7. The first-order valence-corrected chi connectivity index (χ1v) is 32.9. The Kier molecular flexibility index (Phi) is 30.7. The highest BCUT2D eigenvalue weighted by atomic mass is 16.7. The lowest BCUT2D eigenvalue weighted by Gasteiger charge is -2.38. The van der Waals surface area contributed by atoms with Gasteiger partial charge in [-0.2, -0.15) is 0 Å². The maximum Gasteiger partial charge on any atom is 0.355 e. The third kappa shape index (κ3) is 21.4. The van der Waals surface area contributed by atoms with Gasteiger partial charge in [0.25, 0.3) is 5.56 Å². The van der Waals surface area contributed by atoms with E-state index in [0.717, 1.165) is 28.6 Å². The van der Waals surface area contributed by atoms with Crippen LogP contribution in [0.15, 0.2) is 53.3 Å². The van der Waals surface area contributed by atoms with E-state index in [-0.39, 0.29) is 68.0 Å². The number of pyridine rings is 2. The lowest BCUT2D eigenvalue weighted by molar-refractivity contribution is -0.271. The predicted octanol–water partition coefficient (Wildman–Crippen LogP) is 0.999. The van der Waals surface area contributed by atoms with Crippen molar-refractivity contribution in [2.24, 2.45) is 5.92 Å². The van der Waals surface area contributed by atoms with Crippen molar-refractivity contribution in [1.82, 2.24) is 30.8 Å². The number of ether oxygens (including phenoxy) is 12. The van der Waals surface area contributed by atoms with Gasteiger partial charge in [0, 0.05) is 54.2 Å². The number of aromatic nitrogens is 2. The van der Waals surface area contributed by atoms with Crippen LogP contribution in [0.1, 0.15) is 93.9 Å². The number of carboxylic acids is 1. The third-order valence-electron chi connectivity index (χ3n) is 16.1. The highest BCUT2D eigenvalue weighted by Gasteiger charge is 2.52. The minimum Gasteiger partial charge on any atom is -0.479 e. The van der Waals surface area contributed by atoms with Gasteiger partial charge >= 0.3 is 17.9 Å². The van der Waals surface area contributed by atoms with Crippen LogP contribution in [0.25, 0.3) is 22.3 Å². The van der Waals surface area contributed by atoms with Crippen LogP contribution in [0.3, 0.4) is 0 Å². The van der Waals surface area contributed by atoms with Gasteiger partial charge in [0.05, 0.1) is 135 Å². The van der Waals surface area contributed by atoms with E-state index < -0.39 is 113 Å². The molecule has 0 unspecified atom stereocenters. The molecule has 0 saturated carbocycles. The van der Waals surface area contributed by atoms with Crippen molar-refractivity contribution in [3.05, 3.63) is 86.7 Å². The highest BCUT2D eigenvalue weighted by Crippen LogP contribution is 2.43. The van der Waals surface area contributed by atoms with Crippen LogP contribution in [0, 0.1) is 5.92 Å². The second-order valence-electron chi connectivity index (χ2n) is 24.0. The van der Waals surface area contributed by atoms with Crippen LogP contribution in [0.4, 0.5) is 5.69 Å². The van der Waals surface area contributed by atoms with Gasteiger partial charge < -0.3 is 108 Å². The third-order valence-corrected chi connectivity index (χ3v) is 16.1. The summed E-state index contributed by atoms with van der Waals surface area (Å²) in [5, 5.41) is 57.0. The number of rotatable bonds is 43. The Morgan fingerprint density at radius 1 is 0.704 bits per heavy atom. The zero-order valence-corrected chi connectivity index (χ0v) is 56.4. The normalized spacial score (nSPS) is 19.3. The molecule has 3 aliphatic heterocycles. The lowest BCUT2D eigenvalue weighted by atomic mass is 9.85. The van der Waals surface area contributed by atoms with Crippen molar-refractivity contribution in [2.45, 2.75) is 135 Å². The summed E-state index contributed by atoms with van der Waals surface area (Å²) in [4.78, 5) is 112. The summed E-state index contributed by atoms with van der Waals surface area (Å²) >= 11 is 0. The van der Waals surface area contributed by atoms with Crippen LogP contribution in [0.5, 0.6) is 5.75 Å². The number of hydrogen-bond donors (Lipinski definition) is 9. The molecule has 5 heterocycles. The first-order valence-electron chi connectivity index (χ1n) is 32.9. The molecule has 0 aliphatic carbocycles. The fourth-order valence-electron chi connectivity index (χ4n) is 10.9. The zero-order valence-electron chi connectivity index (χ0n) is 56.4. The number of aliphatic carboxylic acids is 1.